The molecular formula is C28H29ClN2O5S. The van der Waals surface area contributed by atoms with Crippen LogP contribution in [0.4, 0.5) is 0 Å². The lowest BCUT2D eigenvalue weighted by Crippen LogP contribution is -2.32. The van der Waals surface area contributed by atoms with Gasteiger partial charge in [-0.05, 0) is 72.5 Å². The second-order valence-corrected chi connectivity index (χ2v) is 11.8. The zero-order chi connectivity index (χ0) is 26.7. The summed E-state index contributed by atoms with van der Waals surface area (Å²) in [6.45, 7) is 2.71. The number of aliphatic hydroxyl groups excluding tert-OH is 1. The molecule has 37 heavy (non-hydrogen) atoms. The Labute approximate surface area is 221 Å². The number of carbonyl (C=O) groups is 1. The molecule has 0 amide bonds. The zero-order valence-electron chi connectivity index (χ0n) is 20.6. The molecule has 0 saturated heterocycles. The minimum atomic E-state index is -3.30. The van der Waals surface area contributed by atoms with Gasteiger partial charge in [-0.3, -0.25) is 0 Å². The van der Waals surface area contributed by atoms with Crippen molar-refractivity contribution in [1.82, 2.24) is 9.88 Å². The molecule has 7 nitrogen and oxygen atoms in total. The normalized spacial score (nSPS) is 13.5. The lowest BCUT2D eigenvalue weighted by Gasteiger charge is -2.18. The van der Waals surface area contributed by atoms with E-state index in [0.29, 0.717) is 24.5 Å². The fourth-order valence-electron chi connectivity index (χ4n) is 4.39. The second kappa shape index (κ2) is 11.1. The summed E-state index contributed by atoms with van der Waals surface area (Å²) < 4.78 is 25.2. The SMILES string of the molecule is C[C@H](Cc1ccc2c(c1)cc(C(=O)O)n2Cc1ccc(S(C)(=O)=O)cc1)NC[C@@H](O)c1cccc(Cl)c1. The number of nitrogens with one attached hydrogen (secondary N) is 1. The summed E-state index contributed by atoms with van der Waals surface area (Å²) in [4.78, 5) is 12.2. The molecule has 194 valence electrons. The van der Waals surface area contributed by atoms with Crippen molar-refractivity contribution in [2.75, 3.05) is 12.8 Å². The van der Waals surface area contributed by atoms with E-state index >= 15 is 0 Å². The third kappa shape index (κ3) is 6.59. The first-order valence-corrected chi connectivity index (χ1v) is 14.1. The molecule has 4 aromatic rings. The maximum Gasteiger partial charge on any atom is 0.352 e. The number of nitrogens with zero attached hydrogens (tertiary/aromatic N) is 1. The number of aromatic nitrogens is 1. The van der Waals surface area contributed by atoms with Gasteiger partial charge in [-0.2, -0.15) is 0 Å². The van der Waals surface area contributed by atoms with E-state index < -0.39 is 21.9 Å². The molecule has 3 aromatic carbocycles. The Morgan fingerprint density at radius 1 is 1.03 bits per heavy atom. The van der Waals surface area contributed by atoms with Crippen LogP contribution < -0.4 is 5.32 Å². The van der Waals surface area contributed by atoms with Gasteiger partial charge < -0.3 is 20.1 Å². The largest absolute Gasteiger partial charge is 0.477 e. The molecule has 9 heteroatoms. The Morgan fingerprint density at radius 2 is 1.73 bits per heavy atom. The van der Waals surface area contributed by atoms with Crippen LogP contribution in [0.2, 0.25) is 5.02 Å². The third-order valence-corrected chi connectivity index (χ3v) is 7.68. The van der Waals surface area contributed by atoms with Crippen LogP contribution in [0.1, 0.15) is 40.2 Å². The Morgan fingerprint density at radius 3 is 2.38 bits per heavy atom. The van der Waals surface area contributed by atoms with E-state index in [4.69, 9.17) is 11.6 Å². The van der Waals surface area contributed by atoms with E-state index in [1.54, 1.807) is 34.9 Å². The van der Waals surface area contributed by atoms with Gasteiger partial charge in [0.2, 0.25) is 0 Å². The van der Waals surface area contributed by atoms with Crippen LogP contribution in [-0.2, 0) is 22.8 Å². The predicted octanol–water partition coefficient (Wildman–Crippen LogP) is 4.70. The van der Waals surface area contributed by atoms with Gasteiger partial charge >= 0.3 is 5.97 Å². The van der Waals surface area contributed by atoms with Crippen LogP contribution in [-0.4, -0.2) is 48.0 Å². The van der Waals surface area contributed by atoms with Crippen LogP contribution in [0, 0.1) is 0 Å². The molecule has 2 atom stereocenters. The molecule has 4 rings (SSSR count). The van der Waals surface area contributed by atoms with Crippen molar-refractivity contribution in [3.05, 3.63) is 100 Å². The van der Waals surface area contributed by atoms with E-state index in [1.165, 1.54) is 12.1 Å². The molecule has 0 bridgehead atoms. The van der Waals surface area contributed by atoms with Gasteiger partial charge in [0.05, 0.1) is 11.0 Å². The first-order chi connectivity index (χ1) is 17.5. The number of hydrogen-bond donors (Lipinski definition) is 3. The van der Waals surface area contributed by atoms with Crippen molar-refractivity contribution in [1.29, 1.82) is 0 Å². The van der Waals surface area contributed by atoms with E-state index in [9.17, 15) is 23.4 Å². The summed E-state index contributed by atoms with van der Waals surface area (Å²) in [5.74, 6) is -1.03. The third-order valence-electron chi connectivity index (χ3n) is 6.31. The van der Waals surface area contributed by atoms with Gasteiger partial charge in [0.25, 0.3) is 0 Å². The van der Waals surface area contributed by atoms with E-state index in [0.717, 1.165) is 33.8 Å². The van der Waals surface area contributed by atoms with Gasteiger partial charge in [-0.1, -0.05) is 41.9 Å². The predicted molar refractivity (Wildman–Crippen MR) is 145 cm³/mol. The maximum atomic E-state index is 12.0. The molecule has 0 aliphatic heterocycles. The molecule has 0 aliphatic carbocycles. The Kier molecular flexibility index (Phi) is 8.04. The number of rotatable bonds is 10. The molecule has 0 unspecified atom stereocenters. The molecule has 0 spiro atoms. The maximum absolute atomic E-state index is 12.0. The number of carboxylic acids is 1. The summed E-state index contributed by atoms with van der Waals surface area (Å²) in [6, 6.07) is 21.2. The van der Waals surface area contributed by atoms with Crippen LogP contribution >= 0.6 is 11.6 Å². The quantitative estimate of drug-likeness (QED) is 0.269. The Bertz CT molecular complexity index is 1530. The van der Waals surface area contributed by atoms with Gasteiger partial charge in [-0.25, -0.2) is 13.2 Å². The number of aliphatic hydroxyl groups is 1. The summed E-state index contributed by atoms with van der Waals surface area (Å²) in [6.07, 6.45) is 1.17. The standard InChI is InChI=1S/C28H29ClN2O5S/c1-18(30-16-27(32)21-4-3-5-23(29)14-21)12-20-8-11-25-22(13-20)15-26(28(33)34)31(25)17-19-6-9-24(10-7-19)37(2,35)36/h3-11,13-15,18,27,30,32H,12,16-17H2,1-2H3,(H,33,34)/t18-,27-/m1/s1. The highest BCUT2D eigenvalue weighted by atomic mass is 35.5. The number of aromatic carboxylic acids is 1. The lowest BCUT2D eigenvalue weighted by atomic mass is 10.0. The van der Waals surface area contributed by atoms with Crippen LogP contribution in [0.5, 0.6) is 0 Å². The zero-order valence-corrected chi connectivity index (χ0v) is 22.1. The molecule has 3 N–H and O–H groups in total. The highest BCUT2D eigenvalue weighted by Crippen LogP contribution is 2.24. The molecule has 1 heterocycles. The average molecular weight is 541 g/mol. The number of fused-ring (bicyclic) bond motifs is 1. The minimum absolute atomic E-state index is 0.0701. The smallest absolute Gasteiger partial charge is 0.352 e. The van der Waals surface area contributed by atoms with Gasteiger partial charge in [0.1, 0.15) is 5.69 Å². The van der Waals surface area contributed by atoms with E-state index in [1.807, 2.05) is 37.3 Å². The lowest BCUT2D eigenvalue weighted by molar-refractivity contribution is 0.0686. The van der Waals surface area contributed by atoms with Crippen molar-refractivity contribution in [3.63, 3.8) is 0 Å². The van der Waals surface area contributed by atoms with Gasteiger partial charge in [0, 0.05) is 41.3 Å². The fourth-order valence-corrected chi connectivity index (χ4v) is 5.22. The van der Waals surface area contributed by atoms with Crippen molar-refractivity contribution in [3.8, 4) is 0 Å². The van der Waals surface area contributed by atoms with E-state index in [2.05, 4.69) is 5.32 Å². The molecule has 0 fully saturated rings. The minimum Gasteiger partial charge on any atom is -0.477 e. The number of hydrogen-bond acceptors (Lipinski definition) is 5. The van der Waals surface area contributed by atoms with Crippen molar-refractivity contribution >= 4 is 38.3 Å². The summed E-state index contributed by atoms with van der Waals surface area (Å²) >= 11 is 6.01. The molecule has 1 aromatic heterocycles. The molecule has 0 radical (unpaired) electrons. The molecule has 0 aliphatic rings. The number of benzene rings is 3. The first kappa shape index (κ1) is 26.9. The van der Waals surface area contributed by atoms with Crippen LogP contribution in [0.25, 0.3) is 10.9 Å². The highest BCUT2D eigenvalue weighted by molar-refractivity contribution is 7.90. The summed E-state index contributed by atoms with van der Waals surface area (Å²) in [7, 11) is -3.30. The Balaban J connectivity index is 1.49. The highest BCUT2D eigenvalue weighted by Gasteiger charge is 2.17. The number of sulfone groups is 1. The van der Waals surface area contributed by atoms with E-state index in [-0.39, 0.29) is 16.6 Å². The second-order valence-electron chi connectivity index (χ2n) is 9.31. The summed E-state index contributed by atoms with van der Waals surface area (Å²) in [5, 5.41) is 25.0. The fraction of sp³-hybridized carbons (Fsp3) is 0.250. The molecular weight excluding hydrogens is 512 g/mol. The Hall–Kier alpha value is -3.17. The van der Waals surface area contributed by atoms with Gasteiger partial charge in [0.15, 0.2) is 9.84 Å². The van der Waals surface area contributed by atoms with Crippen molar-refractivity contribution in [2.45, 2.75) is 36.9 Å². The topological polar surface area (TPSA) is 109 Å². The van der Waals surface area contributed by atoms with Crippen LogP contribution in [0.3, 0.4) is 0 Å². The van der Waals surface area contributed by atoms with Crippen molar-refractivity contribution < 1.29 is 23.4 Å². The molecule has 0 saturated carbocycles. The summed E-state index contributed by atoms with van der Waals surface area (Å²) in [5.41, 5.74) is 3.53. The number of halogens is 1. The average Bonchev–Trinajstić information content (AvgIpc) is 3.20. The first-order valence-electron chi connectivity index (χ1n) is 11.8. The van der Waals surface area contributed by atoms with Crippen molar-refractivity contribution in [2.24, 2.45) is 0 Å². The van der Waals surface area contributed by atoms with Gasteiger partial charge in [-0.15, -0.1) is 0 Å². The number of carboxylic acid groups (broad SMARTS) is 1. The monoisotopic (exact) mass is 540 g/mol. The van der Waals surface area contributed by atoms with Crippen LogP contribution in [0.15, 0.2) is 77.7 Å².